The van der Waals surface area contributed by atoms with Crippen molar-refractivity contribution in [2.75, 3.05) is 13.1 Å². The highest BCUT2D eigenvalue weighted by Gasteiger charge is 2.47. The molecule has 1 N–H and O–H groups in total. The highest BCUT2D eigenvalue weighted by molar-refractivity contribution is 6.04. The summed E-state index contributed by atoms with van der Waals surface area (Å²) in [7, 11) is 0. The Hall–Kier alpha value is -1.88. The third-order valence-electron chi connectivity index (χ3n) is 4.28. The van der Waals surface area contributed by atoms with E-state index in [1.165, 1.54) is 4.90 Å². The van der Waals surface area contributed by atoms with Crippen LogP contribution in [0, 0.1) is 0 Å². The molecule has 1 aromatic rings. The molecule has 0 radical (unpaired) electrons. The smallest absolute Gasteiger partial charge is 0.327 e. The van der Waals surface area contributed by atoms with Crippen molar-refractivity contribution in [2.45, 2.75) is 37.8 Å². The quantitative estimate of drug-likeness (QED) is 0.833. The van der Waals surface area contributed by atoms with Gasteiger partial charge in [-0.1, -0.05) is 30.3 Å². The molecule has 0 unspecified atom stereocenters. The maximum Gasteiger partial charge on any atom is 0.327 e. The number of aryl methyl sites for hydroxylation is 1. The molecule has 0 aromatic heterocycles. The first kappa shape index (κ1) is 14.1. The van der Waals surface area contributed by atoms with Crippen molar-refractivity contribution in [2.24, 2.45) is 0 Å². The summed E-state index contributed by atoms with van der Waals surface area (Å²) in [4.78, 5) is 27.1. The molecule has 3 amide bonds. The number of hydrogen-bond acceptors (Lipinski definition) is 3. The van der Waals surface area contributed by atoms with Crippen LogP contribution in [0.4, 0.5) is 4.79 Å². The predicted octanol–water partition coefficient (Wildman–Crippen LogP) is 1.41. The lowest BCUT2D eigenvalue weighted by Crippen LogP contribution is -2.39. The molecule has 0 bridgehead atoms. The number of imide groups is 1. The number of β-amino-alcohol motifs (C(OH)–C–C–N with tert-alkyl or cyclic N) is 1. The Bertz CT molecular complexity index is 510. The molecule has 0 spiro atoms. The molecule has 2 aliphatic heterocycles. The first-order chi connectivity index (χ1) is 10.2. The molecule has 3 rings (SSSR count). The number of fused-ring (bicyclic) bond motifs is 1. The molecular formula is C16H20N2O3. The van der Waals surface area contributed by atoms with Crippen LogP contribution < -0.4 is 0 Å². The van der Waals surface area contributed by atoms with E-state index < -0.39 is 6.10 Å². The summed E-state index contributed by atoms with van der Waals surface area (Å²) in [5, 5.41) is 10.1. The van der Waals surface area contributed by atoms with E-state index in [2.05, 4.69) is 0 Å². The van der Waals surface area contributed by atoms with Gasteiger partial charge in [0.2, 0.25) is 0 Å². The van der Waals surface area contributed by atoms with Crippen molar-refractivity contribution >= 4 is 11.9 Å². The fourth-order valence-corrected chi connectivity index (χ4v) is 3.13. The minimum atomic E-state index is -0.668. The first-order valence-corrected chi connectivity index (χ1v) is 7.51. The van der Waals surface area contributed by atoms with Crippen LogP contribution in [0.25, 0.3) is 0 Å². The van der Waals surface area contributed by atoms with Gasteiger partial charge in [-0.15, -0.1) is 0 Å². The molecule has 2 aliphatic rings. The average molecular weight is 288 g/mol. The molecule has 2 fully saturated rings. The number of hydrogen-bond donors (Lipinski definition) is 1. The van der Waals surface area contributed by atoms with Gasteiger partial charge in [-0.2, -0.15) is 0 Å². The number of nitrogens with zero attached hydrogens (tertiary/aromatic N) is 2. The maximum absolute atomic E-state index is 12.2. The number of carbonyl (C=O) groups is 2. The number of aliphatic hydroxyl groups is 1. The zero-order valence-corrected chi connectivity index (χ0v) is 11.9. The Labute approximate surface area is 124 Å². The molecule has 112 valence electrons. The molecule has 5 heteroatoms. The summed E-state index contributed by atoms with van der Waals surface area (Å²) in [6.45, 7) is 0.767. The van der Waals surface area contributed by atoms with Gasteiger partial charge in [-0.3, -0.25) is 9.69 Å². The Kier molecular flexibility index (Phi) is 3.92. The number of carbonyl (C=O) groups excluding carboxylic acids is 2. The normalized spacial score (nSPS) is 22.8. The van der Waals surface area contributed by atoms with Gasteiger partial charge in [-0.25, -0.2) is 4.79 Å². The lowest BCUT2D eigenvalue weighted by atomic mass is 10.1. The van der Waals surface area contributed by atoms with Crippen molar-refractivity contribution in [1.82, 2.24) is 9.80 Å². The minimum Gasteiger partial charge on any atom is -0.391 e. The molecule has 2 saturated heterocycles. The second-order valence-corrected chi connectivity index (χ2v) is 5.76. The molecule has 0 aliphatic carbocycles. The molecule has 2 atom stereocenters. The SMILES string of the molecule is O=C1[C@H]2CCCN2C(=O)N1C[C@H](O)CCc1ccccc1. The van der Waals surface area contributed by atoms with Gasteiger partial charge in [-0.05, 0) is 31.2 Å². The van der Waals surface area contributed by atoms with Gasteiger partial charge in [0, 0.05) is 6.54 Å². The first-order valence-electron chi connectivity index (χ1n) is 7.51. The Morgan fingerprint density at radius 3 is 2.71 bits per heavy atom. The van der Waals surface area contributed by atoms with Crippen molar-refractivity contribution in [3.8, 4) is 0 Å². The van der Waals surface area contributed by atoms with E-state index in [9.17, 15) is 14.7 Å². The maximum atomic E-state index is 12.2. The third kappa shape index (κ3) is 2.78. The summed E-state index contributed by atoms with van der Waals surface area (Å²) in [5.41, 5.74) is 1.15. The van der Waals surface area contributed by atoms with Crippen LogP contribution in [0.2, 0.25) is 0 Å². The van der Waals surface area contributed by atoms with E-state index in [0.29, 0.717) is 13.0 Å². The lowest BCUT2D eigenvalue weighted by molar-refractivity contribution is -0.128. The highest BCUT2D eigenvalue weighted by Crippen LogP contribution is 2.27. The van der Waals surface area contributed by atoms with Crippen molar-refractivity contribution in [3.05, 3.63) is 35.9 Å². The number of urea groups is 1. The summed E-state index contributed by atoms with van der Waals surface area (Å²) in [6, 6.07) is 9.38. The summed E-state index contributed by atoms with van der Waals surface area (Å²) in [5.74, 6) is -0.142. The predicted molar refractivity (Wildman–Crippen MR) is 77.6 cm³/mol. The van der Waals surface area contributed by atoms with Crippen LogP contribution in [0.1, 0.15) is 24.8 Å². The second kappa shape index (κ2) is 5.85. The van der Waals surface area contributed by atoms with Crippen LogP contribution in [-0.2, 0) is 11.2 Å². The highest BCUT2D eigenvalue weighted by atomic mass is 16.3. The Morgan fingerprint density at radius 2 is 2.00 bits per heavy atom. The van der Waals surface area contributed by atoms with E-state index >= 15 is 0 Å². The number of benzene rings is 1. The van der Waals surface area contributed by atoms with Crippen molar-refractivity contribution in [1.29, 1.82) is 0 Å². The Balaban J connectivity index is 1.54. The number of amides is 3. The molecule has 1 aromatic carbocycles. The van der Waals surface area contributed by atoms with E-state index in [1.54, 1.807) is 4.90 Å². The third-order valence-corrected chi connectivity index (χ3v) is 4.28. The van der Waals surface area contributed by atoms with Gasteiger partial charge >= 0.3 is 6.03 Å². The monoisotopic (exact) mass is 288 g/mol. The fourth-order valence-electron chi connectivity index (χ4n) is 3.13. The van der Waals surface area contributed by atoms with Crippen LogP contribution in [0.3, 0.4) is 0 Å². The van der Waals surface area contributed by atoms with E-state index in [-0.39, 0.29) is 24.5 Å². The topological polar surface area (TPSA) is 60.9 Å². The number of aliphatic hydroxyl groups excluding tert-OH is 1. The number of rotatable bonds is 5. The van der Waals surface area contributed by atoms with E-state index in [4.69, 9.17) is 0 Å². The van der Waals surface area contributed by atoms with Crippen molar-refractivity contribution in [3.63, 3.8) is 0 Å². The zero-order chi connectivity index (χ0) is 14.8. The van der Waals surface area contributed by atoms with Crippen LogP contribution in [0.5, 0.6) is 0 Å². The van der Waals surface area contributed by atoms with Crippen LogP contribution in [-0.4, -0.2) is 52.1 Å². The zero-order valence-electron chi connectivity index (χ0n) is 11.9. The second-order valence-electron chi connectivity index (χ2n) is 5.76. The summed E-state index contributed by atoms with van der Waals surface area (Å²) >= 11 is 0. The van der Waals surface area contributed by atoms with Gasteiger partial charge in [0.25, 0.3) is 5.91 Å². The Morgan fingerprint density at radius 1 is 1.24 bits per heavy atom. The van der Waals surface area contributed by atoms with Crippen LogP contribution >= 0.6 is 0 Å². The molecule has 2 heterocycles. The van der Waals surface area contributed by atoms with Gasteiger partial charge in [0.05, 0.1) is 12.6 Å². The van der Waals surface area contributed by atoms with Crippen molar-refractivity contribution < 1.29 is 14.7 Å². The average Bonchev–Trinajstić information content (AvgIpc) is 3.06. The van der Waals surface area contributed by atoms with E-state index in [1.807, 2.05) is 30.3 Å². The lowest BCUT2D eigenvalue weighted by Gasteiger charge is -2.19. The molecule has 21 heavy (non-hydrogen) atoms. The van der Waals surface area contributed by atoms with Crippen LogP contribution in [0.15, 0.2) is 30.3 Å². The van der Waals surface area contributed by atoms with E-state index in [0.717, 1.165) is 24.8 Å². The minimum absolute atomic E-state index is 0.109. The molecular weight excluding hydrogens is 268 g/mol. The molecule has 5 nitrogen and oxygen atoms in total. The van der Waals surface area contributed by atoms with Gasteiger partial charge < -0.3 is 10.0 Å². The van der Waals surface area contributed by atoms with Gasteiger partial charge in [0.1, 0.15) is 6.04 Å². The summed E-state index contributed by atoms with van der Waals surface area (Å²) < 4.78 is 0. The molecule has 0 saturated carbocycles. The summed E-state index contributed by atoms with van der Waals surface area (Å²) in [6.07, 6.45) is 2.27. The standard InChI is InChI=1S/C16H20N2O3/c19-13(9-8-12-5-2-1-3-6-12)11-18-15(20)14-7-4-10-17(14)16(18)21/h1-3,5-6,13-14,19H,4,7-11H2/t13-,14-/m1/s1. The largest absolute Gasteiger partial charge is 0.391 e. The van der Waals surface area contributed by atoms with Gasteiger partial charge in [0.15, 0.2) is 0 Å². The fraction of sp³-hybridized carbons (Fsp3) is 0.500.